The highest BCUT2D eigenvalue weighted by Gasteiger charge is 2.29. The third-order valence-electron chi connectivity index (χ3n) is 2.90. The number of hydrogen-bond acceptors (Lipinski definition) is 3. The molecule has 3 N–H and O–H groups in total. The summed E-state index contributed by atoms with van der Waals surface area (Å²) >= 11 is 0. The highest BCUT2D eigenvalue weighted by molar-refractivity contribution is 4.83. The van der Waals surface area contributed by atoms with Gasteiger partial charge in [0.25, 0.3) is 0 Å². The standard InChI is InChI=1S/C11H24N2O/c1-3-5-11(14-4-2)10(13-12)8-9-6-7-9/h9-11,13H,3-8,12H2,1-2H3. The number of rotatable bonds is 8. The Hall–Kier alpha value is -0.120. The van der Waals surface area contributed by atoms with Crippen LogP contribution < -0.4 is 11.3 Å². The Bertz CT molecular complexity index is 142. The van der Waals surface area contributed by atoms with E-state index in [1.807, 2.05) is 6.92 Å². The van der Waals surface area contributed by atoms with Gasteiger partial charge in [-0.15, -0.1) is 0 Å². The van der Waals surface area contributed by atoms with Crippen LogP contribution in [0.25, 0.3) is 0 Å². The van der Waals surface area contributed by atoms with Crippen LogP contribution in [0.3, 0.4) is 0 Å². The number of nitrogens with two attached hydrogens (primary N) is 1. The zero-order valence-electron chi connectivity index (χ0n) is 9.46. The van der Waals surface area contributed by atoms with E-state index in [1.165, 1.54) is 19.3 Å². The molecule has 0 heterocycles. The first-order valence-corrected chi connectivity index (χ1v) is 5.89. The molecule has 0 bridgehead atoms. The number of nitrogens with one attached hydrogen (secondary N) is 1. The predicted octanol–water partition coefficient (Wildman–Crippen LogP) is 1.82. The van der Waals surface area contributed by atoms with Crippen LogP contribution in [0, 0.1) is 5.92 Å². The van der Waals surface area contributed by atoms with Crippen LogP contribution in [0.5, 0.6) is 0 Å². The molecule has 1 aliphatic rings. The first-order chi connectivity index (χ1) is 6.81. The lowest BCUT2D eigenvalue weighted by atomic mass is 10.0. The molecule has 0 spiro atoms. The quantitative estimate of drug-likeness (QED) is 0.464. The summed E-state index contributed by atoms with van der Waals surface area (Å²) in [5, 5.41) is 0. The topological polar surface area (TPSA) is 47.3 Å². The summed E-state index contributed by atoms with van der Waals surface area (Å²) < 4.78 is 5.72. The molecular weight excluding hydrogens is 176 g/mol. The minimum absolute atomic E-state index is 0.301. The minimum atomic E-state index is 0.301. The van der Waals surface area contributed by atoms with Gasteiger partial charge in [-0.1, -0.05) is 26.2 Å². The molecule has 14 heavy (non-hydrogen) atoms. The fourth-order valence-corrected chi connectivity index (χ4v) is 1.94. The largest absolute Gasteiger partial charge is 0.377 e. The third kappa shape index (κ3) is 3.95. The maximum atomic E-state index is 5.72. The fraction of sp³-hybridized carbons (Fsp3) is 1.00. The molecule has 84 valence electrons. The molecule has 0 aromatic carbocycles. The normalized spacial score (nSPS) is 20.8. The molecule has 0 saturated heterocycles. The first-order valence-electron chi connectivity index (χ1n) is 5.89. The highest BCUT2D eigenvalue weighted by Crippen LogP contribution is 2.34. The molecule has 1 rings (SSSR count). The molecule has 2 unspecified atom stereocenters. The van der Waals surface area contributed by atoms with E-state index in [2.05, 4.69) is 12.3 Å². The Morgan fingerprint density at radius 3 is 2.57 bits per heavy atom. The van der Waals surface area contributed by atoms with Crippen molar-refractivity contribution in [1.82, 2.24) is 5.43 Å². The molecule has 0 radical (unpaired) electrons. The first kappa shape index (κ1) is 12.0. The summed E-state index contributed by atoms with van der Waals surface area (Å²) in [6.45, 7) is 5.03. The average molecular weight is 200 g/mol. The highest BCUT2D eigenvalue weighted by atomic mass is 16.5. The lowest BCUT2D eigenvalue weighted by Gasteiger charge is -2.26. The summed E-state index contributed by atoms with van der Waals surface area (Å²) in [5.41, 5.74) is 2.92. The molecular formula is C11H24N2O. The van der Waals surface area contributed by atoms with E-state index in [4.69, 9.17) is 10.6 Å². The van der Waals surface area contributed by atoms with Gasteiger partial charge in [0.1, 0.15) is 0 Å². The Morgan fingerprint density at radius 2 is 2.14 bits per heavy atom. The minimum Gasteiger partial charge on any atom is -0.377 e. The van der Waals surface area contributed by atoms with Crippen molar-refractivity contribution in [3.8, 4) is 0 Å². The van der Waals surface area contributed by atoms with Crippen molar-refractivity contribution < 1.29 is 4.74 Å². The summed E-state index contributed by atoms with van der Waals surface area (Å²) in [7, 11) is 0. The predicted molar refractivity (Wildman–Crippen MR) is 58.8 cm³/mol. The van der Waals surface area contributed by atoms with Crippen LogP contribution >= 0.6 is 0 Å². The van der Waals surface area contributed by atoms with Crippen molar-refractivity contribution in [1.29, 1.82) is 0 Å². The summed E-state index contributed by atoms with van der Waals surface area (Å²) in [5.74, 6) is 6.48. The van der Waals surface area contributed by atoms with Crippen molar-refractivity contribution in [3.63, 3.8) is 0 Å². The van der Waals surface area contributed by atoms with Crippen molar-refractivity contribution in [3.05, 3.63) is 0 Å². The smallest absolute Gasteiger partial charge is 0.0741 e. The van der Waals surface area contributed by atoms with Gasteiger partial charge in [-0.25, -0.2) is 0 Å². The van der Waals surface area contributed by atoms with Gasteiger partial charge in [-0.3, -0.25) is 11.3 Å². The van der Waals surface area contributed by atoms with Gasteiger partial charge in [-0.2, -0.15) is 0 Å². The summed E-state index contributed by atoms with van der Waals surface area (Å²) in [4.78, 5) is 0. The molecule has 3 nitrogen and oxygen atoms in total. The molecule has 2 atom stereocenters. The molecule has 1 fully saturated rings. The molecule has 0 aromatic rings. The second-order valence-electron chi connectivity index (χ2n) is 4.23. The van der Waals surface area contributed by atoms with Gasteiger partial charge in [0.2, 0.25) is 0 Å². The Kier molecular flexibility index (Phi) is 5.45. The van der Waals surface area contributed by atoms with Gasteiger partial charge in [0.05, 0.1) is 6.10 Å². The van der Waals surface area contributed by atoms with Crippen LogP contribution in [0.1, 0.15) is 46.0 Å². The van der Waals surface area contributed by atoms with Gasteiger partial charge in [0, 0.05) is 12.6 Å². The zero-order chi connectivity index (χ0) is 10.4. The van der Waals surface area contributed by atoms with Crippen LogP contribution in [0.2, 0.25) is 0 Å². The van der Waals surface area contributed by atoms with Crippen LogP contribution in [-0.2, 0) is 4.74 Å². The van der Waals surface area contributed by atoms with Crippen LogP contribution in [0.15, 0.2) is 0 Å². The molecule has 1 aliphatic carbocycles. The van der Waals surface area contributed by atoms with Crippen LogP contribution in [-0.4, -0.2) is 18.8 Å². The van der Waals surface area contributed by atoms with E-state index in [9.17, 15) is 0 Å². The fourth-order valence-electron chi connectivity index (χ4n) is 1.94. The van der Waals surface area contributed by atoms with E-state index >= 15 is 0 Å². The van der Waals surface area contributed by atoms with E-state index < -0.39 is 0 Å². The van der Waals surface area contributed by atoms with Gasteiger partial charge >= 0.3 is 0 Å². The number of hydrogen-bond donors (Lipinski definition) is 2. The Labute approximate surface area is 87.4 Å². The van der Waals surface area contributed by atoms with Gasteiger partial charge in [0.15, 0.2) is 0 Å². The maximum absolute atomic E-state index is 5.72. The summed E-state index contributed by atoms with van der Waals surface area (Å²) in [6.07, 6.45) is 6.51. The van der Waals surface area contributed by atoms with E-state index in [-0.39, 0.29) is 0 Å². The number of hydrazine groups is 1. The van der Waals surface area contributed by atoms with Crippen LogP contribution in [0.4, 0.5) is 0 Å². The van der Waals surface area contributed by atoms with Gasteiger partial charge < -0.3 is 4.74 Å². The van der Waals surface area contributed by atoms with Crippen molar-refractivity contribution >= 4 is 0 Å². The van der Waals surface area contributed by atoms with Gasteiger partial charge in [-0.05, 0) is 25.7 Å². The van der Waals surface area contributed by atoms with E-state index in [0.29, 0.717) is 12.1 Å². The van der Waals surface area contributed by atoms with Crippen molar-refractivity contribution in [2.75, 3.05) is 6.61 Å². The average Bonchev–Trinajstić information content (AvgIpc) is 2.98. The maximum Gasteiger partial charge on any atom is 0.0741 e. The number of ether oxygens (including phenoxy) is 1. The second kappa shape index (κ2) is 6.38. The zero-order valence-corrected chi connectivity index (χ0v) is 9.46. The second-order valence-corrected chi connectivity index (χ2v) is 4.23. The third-order valence-corrected chi connectivity index (χ3v) is 2.90. The van der Waals surface area contributed by atoms with Crippen molar-refractivity contribution in [2.45, 2.75) is 58.1 Å². The SMILES string of the molecule is CCCC(OCC)C(CC1CC1)NN. The molecule has 0 aromatic heterocycles. The van der Waals surface area contributed by atoms with Crippen molar-refractivity contribution in [2.24, 2.45) is 11.8 Å². The van der Waals surface area contributed by atoms with E-state index in [1.54, 1.807) is 0 Å². The Morgan fingerprint density at radius 1 is 1.43 bits per heavy atom. The van der Waals surface area contributed by atoms with E-state index in [0.717, 1.165) is 25.4 Å². The lowest BCUT2D eigenvalue weighted by Crippen LogP contribution is -2.45. The molecule has 1 saturated carbocycles. The Balaban J connectivity index is 2.33. The molecule has 0 amide bonds. The lowest BCUT2D eigenvalue weighted by molar-refractivity contribution is 0.0244. The molecule has 3 heteroatoms. The summed E-state index contributed by atoms with van der Waals surface area (Å²) in [6, 6.07) is 0.349. The molecule has 0 aliphatic heterocycles. The monoisotopic (exact) mass is 200 g/mol.